The van der Waals surface area contributed by atoms with Gasteiger partial charge < -0.3 is 14.5 Å². The molecule has 2 amide bonds. The van der Waals surface area contributed by atoms with Gasteiger partial charge in [0.15, 0.2) is 0 Å². The standard InChI is InChI=1S/C20H24N4O3/c1-22-13-17(18(21-22)27-2)20(26)24-10-8-23(9-11-24)19(25)16-12-15(16)14-6-4-3-5-7-14/h3-7,13,15-16H,8-12H2,1-2H3/t15-,16-/m0/s1. The van der Waals surface area contributed by atoms with Gasteiger partial charge in [-0.15, -0.1) is 5.10 Å². The number of aryl methyl sites for hydroxylation is 1. The quantitative estimate of drug-likeness (QED) is 0.821. The highest BCUT2D eigenvalue weighted by atomic mass is 16.5. The summed E-state index contributed by atoms with van der Waals surface area (Å²) in [5.41, 5.74) is 1.71. The van der Waals surface area contributed by atoms with E-state index in [1.807, 2.05) is 23.1 Å². The van der Waals surface area contributed by atoms with Crippen molar-refractivity contribution < 1.29 is 14.3 Å². The second kappa shape index (κ2) is 7.06. The average molecular weight is 368 g/mol. The topological polar surface area (TPSA) is 67.7 Å². The Hall–Kier alpha value is -2.83. The summed E-state index contributed by atoms with van der Waals surface area (Å²) >= 11 is 0. The van der Waals surface area contributed by atoms with Crippen LogP contribution in [0, 0.1) is 5.92 Å². The van der Waals surface area contributed by atoms with E-state index in [2.05, 4.69) is 17.2 Å². The summed E-state index contributed by atoms with van der Waals surface area (Å²) in [5.74, 6) is 0.895. The third-order valence-electron chi connectivity index (χ3n) is 5.43. The normalized spacial score (nSPS) is 21.9. The van der Waals surface area contributed by atoms with E-state index in [4.69, 9.17) is 4.74 Å². The van der Waals surface area contributed by atoms with Crippen molar-refractivity contribution in [2.45, 2.75) is 12.3 Å². The fraction of sp³-hybridized carbons (Fsp3) is 0.450. The maximum atomic E-state index is 12.8. The molecule has 1 aromatic heterocycles. The molecule has 2 fully saturated rings. The number of benzene rings is 1. The third-order valence-corrected chi connectivity index (χ3v) is 5.43. The van der Waals surface area contributed by atoms with Crippen molar-refractivity contribution >= 4 is 11.8 Å². The summed E-state index contributed by atoms with van der Waals surface area (Å²) in [5, 5.41) is 4.14. The van der Waals surface area contributed by atoms with Crippen LogP contribution in [0.15, 0.2) is 36.5 Å². The van der Waals surface area contributed by atoms with Gasteiger partial charge in [0.2, 0.25) is 11.8 Å². The smallest absolute Gasteiger partial charge is 0.261 e. The Morgan fingerprint density at radius 1 is 1.07 bits per heavy atom. The average Bonchev–Trinajstić information content (AvgIpc) is 3.42. The van der Waals surface area contributed by atoms with Crippen molar-refractivity contribution in [2.75, 3.05) is 33.3 Å². The lowest BCUT2D eigenvalue weighted by atomic mass is 10.1. The lowest BCUT2D eigenvalue weighted by molar-refractivity contribution is -0.134. The molecule has 0 bridgehead atoms. The molecule has 1 aromatic carbocycles. The Morgan fingerprint density at radius 2 is 1.74 bits per heavy atom. The van der Waals surface area contributed by atoms with Crippen LogP contribution in [0.25, 0.3) is 0 Å². The van der Waals surface area contributed by atoms with E-state index in [9.17, 15) is 9.59 Å². The molecule has 2 atom stereocenters. The summed E-state index contributed by atoms with van der Waals surface area (Å²) in [6.07, 6.45) is 2.60. The SMILES string of the molecule is COc1nn(C)cc1C(=O)N1CCN(C(=O)[C@H]2C[C@H]2c2ccccc2)CC1. The molecule has 0 spiro atoms. The van der Waals surface area contributed by atoms with Crippen molar-refractivity contribution in [3.63, 3.8) is 0 Å². The van der Waals surface area contributed by atoms with Crippen LogP contribution in [0.4, 0.5) is 0 Å². The molecule has 2 aliphatic rings. The molecule has 7 heteroatoms. The van der Waals surface area contributed by atoms with E-state index in [-0.39, 0.29) is 17.7 Å². The highest BCUT2D eigenvalue weighted by molar-refractivity contribution is 5.96. The van der Waals surface area contributed by atoms with Gasteiger partial charge in [-0.2, -0.15) is 0 Å². The number of piperazine rings is 1. The van der Waals surface area contributed by atoms with E-state index in [1.54, 1.807) is 22.8 Å². The monoisotopic (exact) mass is 368 g/mol. The molecule has 4 rings (SSSR count). The van der Waals surface area contributed by atoms with Crippen LogP contribution < -0.4 is 4.74 Å². The van der Waals surface area contributed by atoms with Gasteiger partial charge in [0, 0.05) is 45.3 Å². The van der Waals surface area contributed by atoms with E-state index in [0.717, 1.165) is 6.42 Å². The predicted molar refractivity (Wildman–Crippen MR) is 99.5 cm³/mol. The third kappa shape index (κ3) is 3.41. The molecule has 0 unspecified atom stereocenters. The summed E-state index contributed by atoms with van der Waals surface area (Å²) in [4.78, 5) is 29.2. The second-order valence-corrected chi connectivity index (χ2v) is 7.20. The molecule has 27 heavy (non-hydrogen) atoms. The van der Waals surface area contributed by atoms with Crippen LogP contribution in [0.5, 0.6) is 5.88 Å². The Labute approximate surface area is 158 Å². The molecular weight excluding hydrogens is 344 g/mol. The first-order valence-electron chi connectivity index (χ1n) is 9.29. The number of amides is 2. The zero-order valence-electron chi connectivity index (χ0n) is 15.7. The van der Waals surface area contributed by atoms with Gasteiger partial charge in [-0.1, -0.05) is 30.3 Å². The summed E-state index contributed by atoms with van der Waals surface area (Å²) < 4.78 is 6.76. The lowest BCUT2D eigenvalue weighted by Gasteiger charge is -2.34. The van der Waals surface area contributed by atoms with Gasteiger partial charge in [0.05, 0.1) is 7.11 Å². The van der Waals surface area contributed by atoms with E-state index in [1.165, 1.54) is 12.7 Å². The maximum absolute atomic E-state index is 12.8. The maximum Gasteiger partial charge on any atom is 0.261 e. The fourth-order valence-electron chi connectivity index (χ4n) is 3.84. The molecule has 1 aliphatic carbocycles. The largest absolute Gasteiger partial charge is 0.479 e. The molecule has 1 saturated heterocycles. The zero-order chi connectivity index (χ0) is 19.0. The second-order valence-electron chi connectivity index (χ2n) is 7.20. The first kappa shape index (κ1) is 17.6. The molecule has 1 saturated carbocycles. The first-order chi connectivity index (χ1) is 13.1. The van der Waals surface area contributed by atoms with E-state index >= 15 is 0 Å². The molecule has 2 aromatic rings. The van der Waals surface area contributed by atoms with Crippen molar-refractivity contribution in [1.29, 1.82) is 0 Å². The van der Waals surface area contributed by atoms with E-state index in [0.29, 0.717) is 43.5 Å². The van der Waals surface area contributed by atoms with Crippen LogP contribution in [0.2, 0.25) is 0 Å². The van der Waals surface area contributed by atoms with Crippen molar-refractivity contribution in [3.8, 4) is 5.88 Å². The van der Waals surface area contributed by atoms with Crippen molar-refractivity contribution in [2.24, 2.45) is 13.0 Å². The molecule has 0 radical (unpaired) electrons. The van der Waals surface area contributed by atoms with Crippen LogP contribution in [-0.4, -0.2) is 64.7 Å². The summed E-state index contributed by atoms with van der Waals surface area (Å²) in [6.45, 7) is 2.22. The van der Waals surface area contributed by atoms with Crippen LogP contribution in [0.3, 0.4) is 0 Å². The van der Waals surface area contributed by atoms with Gasteiger partial charge in [0.1, 0.15) is 5.56 Å². The number of hydrogen-bond donors (Lipinski definition) is 0. The Kier molecular flexibility index (Phi) is 4.59. The molecule has 7 nitrogen and oxygen atoms in total. The molecule has 1 aliphatic heterocycles. The molecule has 142 valence electrons. The summed E-state index contributed by atoms with van der Waals surface area (Å²) in [6, 6.07) is 10.2. The minimum Gasteiger partial charge on any atom is -0.479 e. The van der Waals surface area contributed by atoms with Gasteiger partial charge in [-0.05, 0) is 17.9 Å². The highest BCUT2D eigenvalue weighted by Gasteiger charge is 2.46. The van der Waals surface area contributed by atoms with Gasteiger partial charge in [-0.25, -0.2) is 0 Å². The number of rotatable bonds is 4. The zero-order valence-corrected chi connectivity index (χ0v) is 15.7. The molecular formula is C20H24N4O3. The van der Waals surface area contributed by atoms with Crippen LogP contribution in [-0.2, 0) is 11.8 Å². The minimum absolute atomic E-state index is 0.0908. The van der Waals surface area contributed by atoms with Crippen molar-refractivity contribution in [3.05, 3.63) is 47.7 Å². The number of carbonyl (C=O) groups is 2. The molecule has 0 N–H and O–H groups in total. The number of methoxy groups -OCH3 is 1. The van der Waals surface area contributed by atoms with Gasteiger partial charge >= 0.3 is 0 Å². The number of aromatic nitrogens is 2. The predicted octanol–water partition coefficient (Wildman–Crippen LogP) is 1.52. The number of ether oxygens (including phenoxy) is 1. The Morgan fingerprint density at radius 3 is 2.41 bits per heavy atom. The number of nitrogens with zero attached hydrogens (tertiary/aromatic N) is 4. The number of hydrogen-bond acceptors (Lipinski definition) is 4. The number of carbonyl (C=O) groups excluding carboxylic acids is 2. The van der Waals surface area contributed by atoms with E-state index < -0.39 is 0 Å². The van der Waals surface area contributed by atoms with Crippen LogP contribution in [0.1, 0.15) is 28.3 Å². The minimum atomic E-state index is -0.0966. The summed E-state index contributed by atoms with van der Waals surface area (Å²) in [7, 11) is 3.27. The fourth-order valence-corrected chi connectivity index (χ4v) is 3.84. The lowest BCUT2D eigenvalue weighted by Crippen LogP contribution is -2.51. The first-order valence-corrected chi connectivity index (χ1v) is 9.29. The van der Waals surface area contributed by atoms with Crippen molar-refractivity contribution in [1.82, 2.24) is 19.6 Å². The highest BCUT2D eigenvalue weighted by Crippen LogP contribution is 2.48. The Balaban J connectivity index is 1.34. The van der Waals surface area contributed by atoms with Gasteiger partial charge in [-0.3, -0.25) is 14.3 Å². The van der Waals surface area contributed by atoms with Gasteiger partial charge in [0.25, 0.3) is 5.91 Å². The Bertz CT molecular complexity index is 840. The molecule has 2 heterocycles. The van der Waals surface area contributed by atoms with Crippen LogP contribution >= 0.6 is 0 Å².